The topological polar surface area (TPSA) is 89.6 Å². The summed E-state index contributed by atoms with van der Waals surface area (Å²) in [5.74, 6) is -2.55. The van der Waals surface area contributed by atoms with Crippen molar-refractivity contribution < 1.29 is 23.8 Å². The van der Waals surface area contributed by atoms with E-state index < -0.39 is 23.4 Å². The van der Waals surface area contributed by atoms with E-state index in [0.29, 0.717) is 5.56 Å². The van der Waals surface area contributed by atoms with Crippen LogP contribution in [0.3, 0.4) is 0 Å². The van der Waals surface area contributed by atoms with Crippen LogP contribution in [0, 0.1) is 5.82 Å². The van der Waals surface area contributed by atoms with Gasteiger partial charge in [0.05, 0.1) is 16.8 Å². The van der Waals surface area contributed by atoms with Gasteiger partial charge in [-0.25, -0.2) is 14.0 Å². The molecule has 24 heavy (non-hydrogen) atoms. The number of halogens is 1. The molecule has 6 heteroatoms. The van der Waals surface area contributed by atoms with Gasteiger partial charge in [0, 0.05) is 5.56 Å². The highest BCUT2D eigenvalue weighted by atomic mass is 19.1. The van der Waals surface area contributed by atoms with E-state index in [1.54, 1.807) is 32.9 Å². The fourth-order valence-corrected chi connectivity index (χ4v) is 2.20. The van der Waals surface area contributed by atoms with Crippen LogP contribution in [-0.4, -0.2) is 22.6 Å². The smallest absolute Gasteiger partial charge is 0.340 e. The Bertz CT molecular complexity index is 809. The maximum absolute atomic E-state index is 13.7. The van der Waals surface area contributed by atoms with E-state index in [0.717, 1.165) is 12.1 Å². The van der Waals surface area contributed by atoms with Crippen LogP contribution in [0.25, 0.3) is 11.1 Å². The number of nitrogen functional groups attached to an aromatic ring is 1. The number of para-hydroxylation sites is 1. The molecule has 2 rings (SSSR count). The second kappa shape index (κ2) is 6.31. The quantitative estimate of drug-likeness (QED) is 0.661. The Labute approximate surface area is 138 Å². The maximum Gasteiger partial charge on any atom is 0.340 e. The zero-order valence-corrected chi connectivity index (χ0v) is 13.6. The third kappa shape index (κ3) is 3.90. The lowest BCUT2D eigenvalue weighted by Crippen LogP contribution is -2.24. The van der Waals surface area contributed by atoms with Crippen molar-refractivity contribution >= 4 is 17.6 Å². The molecular formula is C18H18FNO4. The van der Waals surface area contributed by atoms with Crippen LogP contribution < -0.4 is 5.73 Å². The molecule has 0 aliphatic carbocycles. The fraction of sp³-hybridized carbons (Fsp3) is 0.222. The van der Waals surface area contributed by atoms with Crippen LogP contribution in [0.5, 0.6) is 0 Å². The minimum atomic E-state index is -1.25. The molecule has 0 aromatic heterocycles. The first-order chi connectivity index (χ1) is 11.1. The largest absolute Gasteiger partial charge is 0.478 e. The number of carbonyl (C=O) groups excluding carboxylic acids is 1. The third-order valence-electron chi connectivity index (χ3n) is 3.18. The highest BCUT2D eigenvalue weighted by molar-refractivity contribution is 6.00. The van der Waals surface area contributed by atoms with Crippen molar-refractivity contribution in [2.24, 2.45) is 0 Å². The summed E-state index contributed by atoms with van der Waals surface area (Å²) < 4.78 is 19.0. The van der Waals surface area contributed by atoms with Gasteiger partial charge in [-0.05, 0) is 50.6 Å². The number of esters is 1. The monoisotopic (exact) mass is 331 g/mol. The molecule has 0 heterocycles. The van der Waals surface area contributed by atoms with Crippen molar-refractivity contribution in [2.75, 3.05) is 5.73 Å². The molecule has 0 saturated carbocycles. The van der Waals surface area contributed by atoms with Gasteiger partial charge < -0.3 is 15.6 Å². The summed E-state index contributed by atoms with van der Waals surface area (Å²) in [6, 6.07) is 8.05. The lowest BCUT2D eigenvalue weighted by Gasteiger charge is -2.20. The number of aromatic carboxylic acids is 1. The van der Waals surface area contributed by atoms with Crippen molar-refractivity contribution in [1.82, 2.24) is 0 Å². The normalized spacial score (nSPS) is 11.2. The maximum atomic E-state index is 13.7. The molecular weight excluding hydrogens is 313 g/mol. The van der Waals surface area contributed by atoms with Crippen molar-refractivity contribution in [3.8, 4) is 11.1 Å². The van der Waals surface area contributed by atoms with Gasteiger partial charge in [0.2, 0.25) is 0 Å². The summed E-state index contributed by atoms with van der Waals surface area (Å²) in [6.07, 6.45) is 0. The molecule has 0 radical (unpaired) electrons. The average Bonchev–Trinajstić information content (AvgIpc) is 2.44. The molecule has 0 aliphatic heterocycles. The van der Waals surface area contributed by atoms with Gasteiger partial charge in [-0.3, -0.25) is 0 Å². The highest BCUT2D eigenvalue weighted by Crippen LogP contribution is 2.31. The number of nitrogens with two attached hydrogens (primary N) is 1. The Morgan fingerprint density at radius 3 is 2.42 bits per heavy atom. The second-order valence-electron chi connectivity index (χ2n) is 6.30. The lowest BCUT2D eigenvalue weighted by atomic mass is 9.98. The molecule has 5 nitrogen and oxygen atoms in total. The van der Waals surface area contributed by atoms with E-state index in [1.165, 1.54) is 12.1 Å². The van der Waals surface area contributed by atoms with Crippen LogP contribution in [0.15, 0.2) is 36.4 Å². The Kier molecular flexibility index (Phi) is 4.59. The Balaban J connectivity index is 2.52. The zero-order chi connectivity index (χ0) is 18.1. The second-order valence-corrected chi connectivity index (χ2v) is 6.30. The summed E-state index contributed by atoms with van der Waals surface area (Å²) in [5.41, 5.74) is 6.04. The van der Waals surface area contributed by atoms with Crippen LogP contribution in [-0.2, 0) is 4.74 Å². The summed E-state index contributed by atoms with van der Waals surface area (Å²) in [6.45, 7) is 5.20. The average molecular weight is 331 g/mol. The number of ether oxygens (including phenoxy) is 1. The first-order valence-electron chi connectivity index (χ1n) is 7.24. The summed E-state index contributed by atoms with van der Waals surface area (Å²) in [5, 5.41) is 9.05. The Morgan fingerprint density at radius 1 is 1.17 bits per heavy atom. The van der Waals surface area contributed by atoms with Crippen LogP contribution in [0.2, 0.25) is 0 Å². The van der Waals surface area contributed by atoms with Crippen LogP contribution >= 0.6 is 0 Å². The van der Waals surface area contributed by atoms with E-state index in [1.807, 2.05) is 0 Å². The summed E-state index contributed by atoms with van der Waals surface area (Å²) in [7, 11) is 0. The molecule has 0 spiro atoms. The number of anilines is 1. The van der Waals surface area contributed by atoms with Crippen molar-refractivity contribution in [3.05, 3.63) is 53.3 Å². The molecule has 3 N–H and O–H groups in total. The molecule has 0 aliphatic rings. The molecule has 0 amide bonds. The predicted molar refractivity (Wildman–Crippen MR) is 88.4 cm³/mol. The lowest BCUT2D eigenvalue weighted by molar-refractivity contribution is 0.00706. The van der Waals surface area contributed by atoms with Crippen molar-refractivity contribution in [3.63, 3.8) is 0 Å². The number of hydrogen-bond donors (Lipinski definition) is 2. The Morgan fingerprint density at radius 2 is 1.83 bits per heavy atom. The molecule has 2 aromatic rings. The molecule has 0 fully saturated rings. The zero-order valence-electron chi connectivity index (χ0n) is 13.6. The van der Waals surface area contributed by atoms with Gasteiger partial charge in [-0.1, -0.05) is 12.1 Å². The third-order valence-corrected chi connectivity index (χ3v) is 3.18. The Hall–Kier alpha value is -2.89. The number of rotatable bonds is 3. The van der Waals surface area contributed by atoms with Crippen LogP contribution in [0.4, 0.5) is 10.1 Å². The molecule has 0 bridgehead atoms. The molecule has 0 saturated heterocycles. The van der Waals surface area contributed by atoms with E-state index >= 15 is 0 Å². The summed E-state index contributed by atoms with van der Waals surface area (Å²) >= 11 is 0. The van der Waals surface area contributed by atoms with Gasteiger partial charge in [0.25, 0.3) is 0 Å². The van der Waals surface area contributed by atoms with E-state index in [2.05, 4.69) is 0 Å². The van der Waals surface area contributed by atoms with Gasteiger partial charge >= 0.3 is 11.9 Å². The van der Waals surface area contributed by atoms with E-state index in [9.17, 15) is 14.0 Å². The number of carboxylic acids is 1. The molecule has 0 unspecified atom stereocenters. The minimum Gasteiger partial charge on any atom is -0.478 e. The van der Waals surface area contributed by atoms with Gasteiger partial charge in [-0.2, -0.15) is 0 Å². The number of benzene rings is 2. The van der Waals surface area contributed by atoms with E-state index in [4.69, 9.17) is 15.6 Å². The minimum absolute atomic E-state index is 0.105. The standard InChI is InChI=1S/C18H18FNO4/c1-18(2,3)24-17(23)14-6-4-5-13(15(14)20)10-7-11(16(21)22)9-12(19)8-10/h4-9H,20H2,1-3H3,(H,21,22). The first kappa shape index (κ1) is 17.5. The van der Waals surface area contributed by atoms with E-state index in [-0.39, 0.29) is 22.4 Å². The summed E-state index contributed by atoms with van der Waals surface area (Å²) in [4.78, 5) is 23.3. The van der Waals surface area contributed by atoms with Crippen molar-refractivity contribution in [2.45, 2.75) is 26.4 Å². The SMILES string of the molecule is CC(C)(C)OC(=O)c1cccc(-c2cc(F)cc(C(=O)O)c2)c1N. The molecule has 126 valence electrons. The number of carboxylic acid groups (broad SMARTS) is 1. The van der Waals surface area contributed by atoms with Gasteiger partial charge in [0.15, 0.2) is 0 Å². The first-order valence-corrected chi connectivity index (χ1v) is 7.24. The van der Waals surface area contributed by atoms with Gasteiger partial charge in [0.1, 0.15) is 11.4 Å². The molecule has 0 atom stereocenters. The van der Waals surface area contributed by atoms with Crippen molar-refractivity contribution in [1.29, 1.82) is 0 Å². The van der Waals surface area contributed by atoms with Crippen LogP contribution in [0.1, 0.15) is 41.5 Å². The number of hydrogen-bond acceptors (Lipinski definition) is 4. The fourth-order valence-electron chi connectivity index (χ4n) is 2.20. The van der Waals surface area contributed by atoms with Gasteiger partial charge in [-0.15, -0.1) is 0 Å². The highest BCUT2D eigenvalue weighted by Gasteiger charge is 2.21. The molecule has 2 aromatic carbocycles. The predicted octanol–water partition coefficient (Wildman–Crippen LogP) is 3.73. The number of carbonyl (C=O) groups is 2.